The van der Waals surface area contributed by atoms with Crippen LogP contribution in [0, 0.1) is 6.92 Å². The highest BCUT2D eigenvalue weighted by Crippen LogP contribution is 2.30. The maximum Gasteiger partial charge on any atom is 0.254 e. The molecule has 0 bridgehead atoms. The summed E-state index contributed by atoms with van der Waals surface area (Å²) >= 11 is 0. The Hall–Kier alpha value is -3.59. The van der Waals surface area contributed by atoms with Gasteiger partial charge < -0.3 is 10.6 Å². The highest BCUT2D eigenvalue weighted by atomic mass is 16.2. The number of nitrogen functional groups attached to an aromatic ring is 1. The van der Waals surface area contributed by atoms with E-state index in [9.17, 15) is 4.79 Å². The molecule has 4 rings (SSSR count). The van der Waals surface area contributed by atoms with Gasteiger partial charge in [-0.15, -0.1) is 0 Å². The third-order valence-corrected chi connectivity index (χ3v) is 5.81. The van der Waals surface area contributed by atoms with Crippen LogP contribution in [0.2, 0.25) is 0 Å². The molecule has 0 saturated carbocycles. The first kappa shape index (κ1) is 19.7. The molecule has 1 unspecified atom stereocenters. The Morgan fingerprint density at radius 1 is 0.867 bits per heavy atom. The molecule has 0 aromatic heterocycles. The highest BCUT2D eigenvalue weighted by molar-refractivity contribution is 5.95. The maximum atomic E-state index is 13.1. The third kappa shape index (κ3) is 3.79. The Kier molecular flexibility index (Phi) is 5.28. The smallest absolute Gasteiger partial charge is 0.254 e. The molecule has 0 aliphatic carbocycles. The molecule has 2 N–H and O–H groups in total. The van der Waals surface area contributed by atoms with E-state index in [1.807, 2.05) is 61.6 Å². The number of aryl methyl sites for hydroxylation is 1. The average molecular weight is 395 g/mol. The lowest BCUT2D eigenvalue weighted by molar-refractivity contribution is 0.0743. The number of anilines is 1. The lowest BCUT2D eigenvalue weighted by Crippen LogP contribution is -2.29. The van der Waals surface area contributed by atoms with Crippen molar-refractivity contribution in [1.82, 2.24) is 4.90 Å². The van der Waals surface area contributed by atoms with Crippen LogP contribution in [0.25, 0.3) is 21.9 Å². The zero-order valence-electron chi connectivity index (χ0n) is 17.6. The molecule has 0 aliphatic rings. The van der Waals surface area contributed by atoms with Crippen LogP contribution >= 0.6 is 0 Å². The van der Waals surface area contributed by atoms with Crippen LogP contribution in [0.5, 0.6) is 0 Å². The number of carbonyl (C=O) groups is 1. The van der Waals surface area contributed by atoms with Gasteiger partial charge in [-0.2, -0.15) is 0 Å². The van der Waals surface area contributed by atoms with Crippen molar-refractivity contribution in [2.24, 2.45) is 0 Å². The number of amides is 1. The van der Waals surface area contributed by atoms with Gasteiger partial charge in [-0.1, -0.05) is 66.2 Å². The minimum absolute atomic E-state index is 0.00500. The van der Waals surface area contributed by atoms with Gasteiger partial charge in [-0.05, 0) is 65.6 Å². The Balaban J connectivity index is 1.58. The molecule has 0 radical (unpaired) electrons. The molecule has 0 saturated heterocycles. The van der Waals surface area contributed by atoms with Crippen LogP contribution in [0.4, 0.5) is 5.69 Å². The predicted molar refractivity (Wildman–Crippen MR) is 125 cm³/mol. The Labute approximate surface area is 177 Å². The molecule has 1 atom stereocenters. The van der Waals surface area contributed by atoms with Crippen LogP contribution in [0.3, 0.4) is 0 Å². The minimum atomic E-state index is -0.0680. The van der Waals surface area contributed by atoms with E-state index in [0.717, 1.165) is 33.2 Å². The topological polar surface area (TPSA) is 46.3 Å². The Bertz CT molecular complexity index is 1190. The quantitative estimate of drug-likeness (QED) is 0.417. The number of carbonyl (C=O) groups excluding carboxylic acids is 1. The molecule has 0 aliphatic heterocycles. The summed E-state index contributed by atoms with van der Waals surface area (Å²) in [5, 5.41) is 2.20. The zero-order chi connectivity index (χ0) is 21.3. The van der Waals surface area contributed by atoms with E-state index in [1.54, 1.807) is 4.90 Å². The lowest BCUT2D eigenvalue weighted by atomic mass is 9.97. The lowest BCUT2D eigenvalue weighted by Gasteiger charge is -2.26. The maximum absolute atomic E-state index is 13.1. The fourth-order valence-corrected chi connectivity index (χ4v) is 3.83. The molecule has 0 spiro atoms. The van der Waals surface area contributed by atoms with Crippen molar-refractivity contribution in [2.75, 3.05) is 12.8 Å². The van der Waals surface area contributed by atoms with E-state index in [2.05, 4.69) is 44.2 Å². The van der Waals surface area contributed by atoms with Gasteiger partial charge >= 0.3 is 0 Å². The fourth-order valence-electron chi connectivity index (χ4n) is 3.83. The molecular formula is C27H26N2O. The van der Waals surface area contributed by atoms with Gasteiger partial charge in [0.2, 0.25) is 0 Å². The number of rotatable bonds is 4. The zero-order valence-corrected chi connectivity index (χ0v) is 17.6. The summed E-state index contributed by atoms with van der Waals surface area (Å²) in [5.74, 6) is 0.00500. The number of hydrogen-bond acceptors (Lipinski definition) is 2. The molecule has 0 heterocycles. The molecule has 3 nitrogen and oxygen atoms in total. The largest absolute Gasteiger partial charge is 0.399 e. The monoisotopic (exact) mass is 394 g/mol. The predicted octanol–water partition coefficient (Wildman–Crippen LogP) is 6.23. The van der Waals surface area contributed by atoms with E-state index in [-0.39, 0.29) is 11.9 Å². The highest BCUT2D eigenvalue weighted by Gasteiger charge is 2.20. The summed E-state index contributed by atoms with van der Waals surface area (Å²) in [6.45, 7) is 4.14. The first-order valence-corrected chi connectivity index (χ1v) is 10.2. The third-order valence-electron chi connectivity index (χ3n) is 5.81. The van der Waals surface area contributed by atoms with Crippen molar-refractivity contribution in [3.8, 4) is 11.1 Å². The number of nitrogens with two attached hydrogens (primary N) is 1. The van der Waals surface area contributed by atoms with Crippen molar-refractivity contribution in [3.05, 3.63) is 102 Å². The second kappa shape index (κ2) is 8.03. The SMILES string of the molecule is Cc1ccc(-c2ccc(C(=O)N(C)C(C)c3cccc4cc(N)ccc34)cc2)cc1. The van der Waals surface area contributed by atoms with E-state index in [0.29, 0.717) is 5.56 Å². The molecule has 3 heteroatoms. The molecule has 4 aromatic carbocycles. The van der Waals surface area contributed by atoms with Crippen molar-refractivity contribution in [3.63, 3.8) is 0 Å². The summed E-state index contributed by atoms with van der Waals surface area (Å²) in [6, 6.07) is 28.2. The molecule has 150 valence electrons. The Morgan fingerprint density at radius 3 is 2.17 bits per heavy atom. The number of fused-ring (bicyclic) bond motifs is 1. The molecular weight excluding hydrogens is 368 g/mol. The first-order chi connectivity index (χ1) is 14.4. The second-order valence-corrected chi connectivity index (χ2v) is 7.86. The molecule has 4 aromatic rings. The van der Waals surface area contributed by atoms with Crippen molar-refractivity contribution < 1.29 is 4.79 Å². The average Bonchev–Trinajstić information content (AvgIpc) is 2.77. The van der Waals surface area contributed by atoms with Gasteiger partial charge in [0.15, 0.2) is 0 Å². The Morgan fingerprint density at radius 2 is 1.50 bits per heavy atom. The number of hydrogen-bond donors (Lipinski definition) is 1. The van der Waals surface area contributed by atoms with Gasteiger partial charge in [-0.25, -0.2) is 0 Å². The number of nitrogens with zero attached hydrogens (tertiary/aromatic N) is 1. The van der Waals surface area contributed by atoms with Gasteiger partial charge in [-0.3, -0.25) is 4.79 Å². The van der Waals surface area contributed by atoms with Crippen molar-refractivity contribution in [1.29, 1.82) is 0 Å². The summed E-state index contributed by atoms with van der Waals surface area (Å²) in [5.41, 5.74) is 12.0. The van der Waals surface area contributed by atoms with Gasteiger partial charge in [0.25, 0.3) is 5.91 Å². The van der Waals surface area contributed by atoms with Crippen LogP contribution in [-0.2, 0) is 0 Å². The normalized spacial score (nSPS) is 12.0. The molecule has 1 amide bonds. The summed E-state index contributed by atoms with van der Waals surface area (Å²) in [6.07, 6.45) is 0. The van der Waals surface area contributed by atoms with Crippen LogP contribution in [0.15, 0.2) is 84.9 Å². The summed E-state index contributed by atoms with van der Waals surface area (Å²) < 4.78 is 0. The molecule has 0 fully saturated rings. The summed E-state index contributed by atoms with van der Waals surface area (Å²) in [7, 11) is 1.86. The van der Waals surface area contributed by atoms with Crippen LogP contribution in [-0.4, -0.2) is 17.9 Å². The van der Waals surface area contributed by atoms with Gasteiger partial charge in [0, 0.05) is 18.3 Å². The van der Waals surface area contributed by atoms with Crippen LogP contribution in [0.1, 0.15) is 34.5 Å². The minimum Gasteiger partial charge on any atom is -0.399 e. The van der Waals surface area contributed by atoms with E-state index >= 15 is 0 Å². The van der Waals surface area contributed by atoms with E-state index in [1.165, 1.54) is 5.56 Å². The van der Waals surface area contributed by atoms with Gasteiger partial charge in [0.05, 0.1) is 6.04 Å². The van der Waals surface area contributed by atoms with Crippen molar-refractivity contribution in [2.45, 2.75) is 19.9 Å². The number of benzene rings is 4. The standard InChI is InChI=1S/C27H26N2O/c1-18-7-9-20(10-8-18)21-11-13-22(14-12-21)27(30)29(3)19(2)25-6-4-5-23-17-24(28)15-16-26(23)25/h4-17,19H,28H2,1-3H3. The van der Waals surface area contributed by atoms with Crippen LogP contribution < -0.4 is 5.73 Å². The first-order valence-electron chi connectivity index (χ1n) is 10.2. The van der Waals surface area contributed by atoms with Crippen molar-refractivity contribution >= 4 is 22.4 Å². The van der Waals surface area contributed by atoms with E-state index < -0.39 is 0 Å². The summed E-state index contributed by atoms with van der Waals surface area (Å²) in [4.78, 5) is 14.9. The van der Waals surface area contributed by atoms with E-state index in [4.69, 9.17) is 5.73 Å². The fraction of sp³-hybridized carbons (Fsp3) is 0.148. The van der Waals surface area contributed by atoms with Gasteiger partial charge in [0.1, 0.15) is 0 Å². The second-order valence-electron chi connectivity index (χ2n) is 7.86. The molecule has 30 heavy (non-hydrogen) atoms.